The maximum atomic E-state index is 12.2. The Labute approximate surface area is 122 Å². The van der Waals surface area contributed by atoms with Gasteiger partial charge in [0.1, 0.15) is 12.7 Å². The van der Waals surface area contributed by atoms with Crippen LogP contribution in [0.3, 0.4) is 0 Å². The molecule has 1 amide bonds. The fourth-order valence-corrected chi connectivity index (χ4v) is 2.20. The minimum Gasteiger partial charge on any atom is -0.374 e. The second kappa shape index (κ2) is 6.47. The average Bonchev–Trinajstić information content (AvgIpc) is 3.08. The van der Waals surface area contributed by atoms with E-state index in [1.165, 1.54) is 0 Å². The Morgan fingerprint density at radius 2 is 2.29 bits per heavy atom. The lowest BCUT2D eigenvalue weighted by atomic mass is 10.2. The number of ether oxygens (including phenoxy) is 1. The smallest absolute Gasteiger partial charge is 0.251 e. The molecule has 1 aromatic heterocycles. The molecular weight excluding hydrogens is 270 g/mol. The van der Waals surface area contributed by atoms with Gasteiger partial charge in [0.05, 0.1) is 12.7 Å². The van der Waals surface area contributed by atoms with Crippen molar-refractivity contribution in [1.29, 1.82) is 0 Å². The van der Waals surface area contributed by atoms with Crippen molar-refractivity contribution in [2.45, 2.75) is 6.10 Å². The Balaban J connectivity index is 1.63. The highest BCUT2D eigenvalue weighted by Gasteiger charge is 2.15. The first-order chi connectivity index (χ1) is 10.3. The summed E-state index contributed by atoms with van der Waals surface area (Å²) in [6.45, 7) is 2.82. The molecule has 1 saturated heterocycles. The number of amides is 1. The zero-order valence-electron chi connectivity index (χ0n) is 11.5. The standard InChI is InChI=1S/C14H17N5O2/c20-14(16-8-13-7-15-4-5-21-13)11-2-1-3-12(6-11)19-9-17-18-10-19/h1-3,6,9-10,13,15H,4-5,7-8H2,(H,16,20)/t13-/m1/s1. The van der Waals surface area contributed by atoms with E-state index in [1.807, 2.05) is 12.1 Å². The predicted molar refractivity (Wildman–Crippen MR) is 76.3 cm³/mol. The number of morpholine rings is 1. The summed E-state index contributed by atoms with van der Waals surface area (Å²) in [5.41, 5.74) is 1.45. The fourth-order valence-electron chi connectivity index (χ4n) is 2.20. The second-order valence-corrected chi connectivity index (χ2v) is 4.83. The minimum atomic E-state index is -0.112. The third-order valence-corrected chi connectivity index (χ3v) is 3.32. The molecule has 110 valence electrons. The molecule has 7 heteroatoms. The molecule has 1 aromatic carbocycles. The van der Waals surface area contributed by atoms with Crippen molar-refractivity contribution in [3.63, 3.8) is 0 Å². The molecule has 21 heavy (non-hydrogen) atoms. The Hall–Kier alpha value is -2.25. The lowest BCUT2D eigenvalue weighted by molar-refractivity contribution is 0.0287. The normalized spacial score (nSPS) is 18.4. The molecule has 1 fully saturated rings. The summed E-state index contributed by atoms with van der Waals surface area (Å²) in [5, 5.41) is 13.6. The number of benzene rings is 1. The number of hydrogen-bond donors (Lipinski definition) is 2. The Morgan fingerprint density at radius 1 is 1.43 bits per heavy atom. The van der Waals surface area contributed by atoms with Gasteiger partial charge in [-0.3, -0.25) is 9.36 Å². The van der Waals surface area contributed by atoms with Crippen LogP contribution in [-0.2, 0) is 4.74 Å². The van der Waals surface area contributed by atoms with Gasteiger partial charge < -0.3 is 15.4 Å². The summed E-state index contributed by atoms with van der Waals surface area (Å²) >= 11 is 0. The van der Waals surface area contributed by atoms with Gasteiger partial charge in [-0.15, -0.1) is 10.2 Å². The topological polar surface area (TPSA) is 81.1 Å². The molecule has 2 aromatic rings. The monoisotopic (exact) mass is 287 g/mol. The molecule has 2 heterocycles. The summed E-state index contributed by atoms with van der Waals surface area (Å²) in [5.74, 6) is -0.112. The van der Waals surface area contributed by atoms with Gasteiger partial charge >= 0.3 is 0 Å². The summed E-state index contributed by atoms with van der Waals surface area (Å²) < 4.78 is 7.30. The number of rotatable bonds is 4. The SMILES string of the molecule is O=C(NC[C@H]1CNCCO1)c1cccc(-n2cnnc2)c1. The fraction of sp³-hybridized carbons (Fsp3) is 0.357. The number of carbonyl (C=O) groups excluding carboxylic acids is 1. The number of hydrogen-bond acceptors (Lipinski definition) is 5. The lowest BCUT2D eigenvalue weighted by Gasteiger charge is -2.23. The van der Waals surface area contributed by atoms with Crippen LogP contribution in [0.5, 0.6) is 0 Å². The van der Waals surface area contributed by atoms with Gasteiger partial charge in [0.15, 0.2) is 0 Å². The van der Waals surface area contributed by atoms with E-state index in [2.05, 4.69) is 20.8 Å². The molecule has 1 aliphatic rings. The quantitative estimate of drug-likeness (QED) is 0.826. The first kappa shape index (κ1) is 13.7. The third-order valence-electron chi connectivity index (χ3n) is 3.32. The van der Waals surface area contributed by atoms with Gasteiger partial charge in [0.2, 0.25) is 0 Å². The molecule has 0 spiro atoms. The van der Waals surface area contributed by atoms with E-state index in [1.54, 1.807) is 29.4 Å². The van der Waals surface area contributed by atoms with Crippen molar-refractivity contribution in [2.75, 3.05) is 26.2 Å². The van der Waals surface area contributed by atoms with Crippen LogP contribution in [0.1, 0.15) is 10.4 Å². The highest BCUT2D eigenvalue weighted by atomic mass is 16.5. The van der Waals surface area contributed by atoms with E-state index in [9.17, 15) is 4.79 Å². The molecule has 1 atom stereocenters. The maximum Gasteiger partial charge on any atom is 0.251 e. The first-order valence-electron chi connectivity index (χ1n) is 6.88. The summed E-state index contributed by atoms with van der Waals surface area (Å²) in [4.78, 5) is 12.2. The van der Waals surface area contributed by atoms with Crippen LogP contribution >= 0.6 is 0 Å². The van der Waals surface area contributed by atoms with Crippen LogP contribution in [0.25, 0.3) is 5.69 Å². The largest absolute Gasteiger partial charge is 0.374 e. The average molecular weight is 287 g/mol. The van der Waals surface area contributed by atoms with Crippen LogP contribution in [-0.4, -0.2) is 53.0 Å². The lowest BCUT2D eigenvalue weighted by Crippen LogP contribution is -2.45. The van der Waals surface area contributed by atoms with Crippen molar-refractivity contribution < 1.29 is 9.53 Å². The molecule has 0 saturated carbocycles. The highest BCUT2D eigenvalue weighted by molar-refractivity contribution is 5.94. The molecular formula is C14H17N5O2. The number of nitrogens with zero attached hydrogens (tertiary/aromatic N) is 3. The molecule has 3 rings (SSSR count). The van der Waals surface area contributed by atoms with Crippen molar-refractivity contribution >= 4 is 5.91 Å². The van der Waals surface area contributed by atoms with E-state index in [4.69, 9.17) is 4.74 Å². The van der Waals surface area contributed by atoms with Gasteiger partial charge in [0, 0.05) is 30.9 Å². The van der Waals surface area contributed by atoms with E-state index in [-0.39, 0.29) is 12.0 Å². The zero-order chi connectivity index (χ0) is 14.5. The minimum absolute atomic E-state index is 0.0312. The first-order valence-corrected chi connectivity index (χ1v) is 6.88. The Morgan fingerprint density at radius 3 is 3.05 bits per heavy atom. The molecule has 0 bridgehead atoms. The van der Waals surface area contributed by atoms with Crippen LogP contribution in [0.15, 0.2) is 36.9 Å². The van der Waals surface area contributed by atoms with Gasteiger partial charge in [-0.2, -0.15) is 0 Å². The molecule has 7 nitrogen and oxygen atoms in total. The highest BCUT2D eigenvalue weighted by Crippen LogP contribution is 2.09. The predicted octanol–water partition coefficient (Wildman–Crippen LogP) is -0.0145. The summed E-state index contributed by atoms with van der Waals surface area (Å²) in [7, 11) is 0. The van der Waals surface area contributed by atoms with E-state index in [0.29, 0.717) is 18.7 Å². The molecule has 1 aliphatic heterocycles. The molecule has 0 unspecified atom stereocenters. The van der Waals surface area contributed by atoms with E-state index in [0.717, 1.165) is 18.8 Å². The molecule has 2 N–H and O–H groups in total. The second-order valence-electron chi connectivity index (χ2n) is 4.83. The third kappa shape index (κ3) is 3.45. The van der Waals surface area contributed by atoms with Gasteiger partial charge in [-0.25, -0.2) is 0 Å². The summed E-state index contributed by atoms with van der Waals surface area (Å²) in [6.07, 6.45) is 3.22. The zero-order valence-corrected chi connectivity index (χ0v) is 11.5. The maximum absolute atomic E-state index is 12.2. The van der Waals surface area contributed by atoms with Crippen molar-refractivity contribution in [2.24, 2.45) is 0 Å². The van der Waals surface area contributed by atoms with E-state index >= 15 is 0 Å². The van der Waals surface area contributed by atoms with Crippen LogP contribution in [0, 0.1) is 0 Å². The number of aromatic nitrogens is 3. The van der Waals surface area contributed by atoms with Crippen LogP contribution in [0.2, 0.25) is 0 Å². The molecule has 0 radical (unpaired) electrons. The Kier molecular flexibility index (Phi) is 4.23. The van der Waals surface area contributed by atoms with Gasteiger partial charge in [-0.05, 0) is 18.2 Å². The van der Waals surface area contributed by atoms with E-state index < -0.39 is 0 Å². The van der Waals surface area contributed by atoms with Crippen LogP contribution < -0.4 is 10.6 Å². The van der Waals surface area contributed by atoms with Crippen molar-refractivity contribution in [3.8, 4) is 5.69 Å². The van der Waals surface area contributed by atoms with Crippen LogP contribution in [0.4, 0.5) is 0 Å². The van der Waals surface area contributed by atoms with Crippen molar-refractivity contribution in [1.82, 2.24) is 25.4 Å². The molecule has 0 aliphatic carbocycles. The summed E-state index contributed by atoms with van der Waals surface area (Å²) in [6, 6.07) is 7.32. The van der Waals surface area contributed by atoms with Gasteiger partial charge in [-0.1, -0.05) is 6.07 Å². The Bertz CT molecular complexity index is 593. The number of nitrogens with one attached hydrogen (secondary N) is 2. The van der Waals surface area contributed by atoms with Crippen molar-refractivity contribution in [3.05, 3.63) is 42.5 Å². The van der Waals surface area contributed by atoms with Gasteiger partial charge in [0.25, 0.3) is 5.91 Å². The number of carbonyl (C=O) groups is 1.